The molecular weight excluding hydrogens is 487 g/mol. The molecule has 35 heavy (non-hydrogen) atoms. The Morgan fingerprint density at radius 1 is 1.29 bits per heavy atom. The van der Waals surface area contributed by atoms with E-state index in [1.165, 1.54) is 6.20 Å². The van der Waals surface area contributed by atoms with E-state index in [1.807, 2.05) is 4.90 Å². The summed E-state index contributed by atoms with van der Waals surface area (Å²) in [7, 11) is 0. The molecule has 2 amide bonds. The van der Waals surface area contributed by atoms with E-state index in [0.717, 1.165) is 35.4 Å². The van der Waals surface area contributed by atoms with Crippen molar-refractivity contribution in [3.63, 3.8) is 0 Å². The van der Waals surface area contributed by atoms with Gasteiger partial charge in [0.05, 0.1) is 6.54 Å². The van der Waals surface area contributed by atoms with Crippen LogP contribution in [0, 0.1) is 11.3 Å². The molecule has 10 nitrogen and oxygen atoms in total. The second kappa shape index (κ2) is 11.2. The highest BCUT2D eigenvalue weighted by atomic mass is 32.1. The molecule has 1 aliphatic heterocycles. The number of amides is 2. The fourth-order valence-corrected chi connectivity index (χ4v) is 4.19. The summed E-state index contributed by atoms with van der Waals surface area (Å²) >= 11 is 0.783. The first-order valence-electron chi connectivity index (χ1n) is 10.6. The molecule has 0 aliphatic carbocycles. The maximum absolute atomic E-state index is 12.7. The standard InChI is InChI=1S/C21H22F3N7O3S/c1-2-31-19(34)14(35-20(31)13(9-25)18(33)27-12-21(22,23)24)10-26-15-5-3-6-16(28-15)29-17(32)11-30-7-4-8-30/h3,5-6,10H,2,4,7-8,11-12H2,1H3,(H,27,33)(H2,26,28,29,32). The third-order valence-corrected chi connectivity index (χ3v) is 6.04. The number of rotatable bonds is 8. The zero-order valence-corrected chi connectivity index (χ0v) is 19.4. The van der Waals surface area contributed by atoms with E-state index in [9.17, 15) is 32.8 Å². The Morgan fingerprint density at radius 3 is 2.60 bits per heavy atom. The highest BCUT2D eigenvalue weighted by Gasteiger charge is 2.29. The number of nitriles is 1. The Kier molecular flexibility index (Phi) is 8.26. The van der Waals surface area contributed by atoms with Crippen LogP contribution in [0.4, 0.5) is 24.8 Å². The van der Waals surface area contributed by atoms with Crippen LogP contribution in [0.3, 0.4) is 0 Å². The summed E-state index contributed by atoms with van der Waals surface area (Å²) in [5.74, 6) is -0.795. The number of nitrogens with one attached hydrogen (secondary N) is 3. The predicted molar refractivity (Wildman–Crippen MR) is 124 cm³/mol. The van der Waals surface area contributed by atoms with Gasteiger partial charge in [-0.1, -0.05) is 6.07 Å². The number of pyridine rings is 1. The van der Waals surface area contributed by atoms with Crippen molar-refractivity contribution in [3.8, 4) is 6.07 Å². The highest BCUT2D eigenvalue weighted by Crippen LogP contribution is 2.13. The third-order valence-electron chi connectivity index (χ3n) is 4.91. The molecule has 0 aromatic carbocycles. The SMILES string of the molecule is CCn1c(=C(C#N)C(=O)NCC(F)(F)F)sc(=CNc2cccc(NC(=O)CN3CCC3)n2)c1=O. The maximum atomic E-state index is 12.7. The van der Waals surface area contributed by atoms with Crippen LogP contribution in [0.1, 0.15) is 13.3 Å². The Labute approximate surface area is 201 Å². The Balaban J connectivity index is 1.83. The first-order chi connectivity index (χ1) is 16.6. The van der Waals surface area contributed by atoms with E-state index in [0.29, 0.717) is 11.6 Å². The zero-order valence-electron chi connectivity index (χ0n) is 18.6. The molecule has 2 aromatic heterocycles. The smallest absolute Gasteiger partial charge is 0.345 e. The molecule has 0 atom stereocenters. The number of halogens is 3. The Hall–Kier alpha value is -3.70. The van der Waals surface area contributed by atoms with Gasteiger partial charge < -0.3 is 16.0 Å². The summed E-state index contributed by atoms with van der Waals surface area (Å²) in [6.45, 7) is 2.12. The molecule has 1 fully saturated rings. The van der Waals surface area contributed by atoms with Crippen molar-refractivity contribution in [1.82, 2.24) is 19.8 Å². The molecule has 3 N–H and O–H groups in total. The molecule has 3 rings (SSSR count). The fourth-order valence-electron chi connectivity index (χ4n) is 3.11. The second-order valence-electron chi connectivity index (χ2n) is 7.48. The van der Waals surface area contributed by atoms with E-state index in [2.05, 4.69) is 15.6 Å². The topological polar surface area (TPSA) is 132 Å². The van der Waals surface area contributed by atoms with Gasteiger partial charge in [0.2, 0.25) is 5.91 Å². The summed E-state index contributed by atoms with van der Waals surface area (Å²) in [5.41, 5.74) is -1.13. The van der Waals surface area contributed by atoms with E-state index in [4.69, 9.17) is 0 Å². The fraction of sp³-hybridized carbons (Fsp3) is 0.381. The van der Waals surface area contributed by atoms with Crippen molar-refractivity contribution in [2.24, 2.45) is 0 Å². The minimum Gasteiger partial charge on any atom is -0.345 e. The van der Waals surface area contributed by atoms with E-state index in [1.54, 1.807) is 36.5 Å². The number of carbonyl (C=O) groups is 2. The number of hydrogen-bond donors (Lipinski definition) is 3. The molecular formula is C21H22F3N7O3S. The number of carbonyl (C=O) groups excluding carboxylic acids is 2. The Morgan fingerprint density at radius 2 is 2.00 bits per heavy atom. The average molecular weight is 510 g/mol. The predicted octanol–water partition coefficient (Wildman–Crippen LogP) is 0.172. The lowest BCUT2D eigenvalue weighted by atomic mass is 10.2. The molecule has 186 valence electrons. The maximum Gasteiger partial charge on any atom is 0.405 e. The molecule has 2 aromatic rings. The van der Waals surface area contributed by atoms with Crippen molar-refractivity contribution < 1.29 is 22.8 Å². The number of alkyl halides is 3. The average Bonchev–Trinajstić information content (AvgIpc) is 3.08. The molecule has 0 spiro atoms. The van der Waals surface area contributed by atoms with Crippen molar-refractivity contribution in [1.29, 1.82) is 5.26 Å². The lowest BCUT2D eigenvalue weighted by molar-refractivity contribution is -0.135. The summed E-state index contributed by atoms with van der Waals surface area (Å²) in [5, 5.41) is 16.5. The van der Waals surface area contributed by atoms with Gasteiger partial charge in [-0.15, -0.1) is 11.3 Å². The van der Waals surface area contributed by atoms with Crippen molar-refractivity contribution in [2.45, 2.75) is 26.1 Å². The number of nitrogens with zero attached hydrogens (tertiary/aromatic N) is 4. The van der Waals surface area contributed by atoms with Gasteiger partial charge in [0.1, 0.15) is 33.4 Å². The first kappa shape index (κ1) is 25.9. The number of thiazole rings is 1. The first-order valence-corrected chi connectivity index (χ1v) is 11.4. The van der Waals surface area contributed by atoms with Gasteiger partial charge in [0, 0.05) is 12.7 Å². The van der Waals surface area contributed by atoms with Gasteiger partial charge in [-0.25, -0.2) is 4.98 Å². The van der Waals surface area contributed by atoms with Crippen LogP contribution < -0.4 is 30.7 Å². The van der Waals surface area contributed by atoms with Crippen LogP contribution in [0.2, 0.25) is 0 Å². The van der Waals surface area contributed by atoms with E-state index >= 15 is 0 Å². The largest absolute Gasteiger partial charge is 0.405 e. The lowest BCUT2D eigenvalue weighted by Crippen LogP contribution is -2.42. The van der Waals surface area contributed by atoms with Crippen LogP contribution in [-0.2, 0) is 16.1 Å². The quantitative estimate of drug-likeness (QED) is 0.462. The van der Waals surface area contributed by atoms with Crippen molar-refractivity contribution in [2.75, 3.05) is 36.8 Å². The molecule has 0 bridgehead atoms. The van der Waals surface area contributed by atoms with Crippen LogP contribution in [0.25, 0.3) is 11.8 Å². The van der Waals surface area contributed by atoms with Gasteiger partial charge >= 0.3 is 6.18 Å². The van der Waals surface area contributed by atoms with E-state index < -0.39 is 29.8 Å². The van der Waals surface area contributed by atoms with Crippen LogP contribution >= 0.6 is 11.3 Å². The number of aromatic nitrogens is 2. The Bertz CT molecular complexity index is 1320. The summed E-state index contributed by atoms with van der Waals surface area (Å²) in [4.78, 5) is 43.2. The normalized spacial score (nSPS) is 15.1. The number of likely N-dealkylation sites (tertiary alicyclic amines) is 1. The second-order valence-corrected chi connectivity index (χ2v) is 8.51. The van der Waals surface area contributed by atoms with Crippen molar-refractivity contribution >= 4 is 46.6 Å². The number of hydrogen-bond acceptors (Lipinski definition) is 8. The van der Waals surface area contributed by atoms with Crippen LogP contribution in [0.15, 0.2) is 23.0 Å². The van der Waals surface area contributed by atoms with Gasteiger partial charge in [0.15, 0.2) is 5.57 Å². The molecule has 1 saturated heterocycles. The molecule has 0 saturated carbocycles. The van der Waals surface area contributed by atoms with Crippen LogP contribution in [-0.4, -0.2) is 58.6 Å². The van der Waals surface area contributed by atoms with Crippen molar-refractivity contribution in [3.05, 3.63) is 37.7 Å². The summed E-state index contributed by atoms with van der Waals surface area (Å²) in [6.07, 6.45) is -2.26. The zero-order chi connectivity index (χ0) is 25.6. The minimum atomic E-state index is -4.64. The van der Waals surface area contributed by atoms with Gasteiger partial charge in [-0.3, -0.25) is 23.9 Å². The lowest BCUT2D eigenvalue weighted by Gasteiger charge is -2.29. The summed E-state index contributed by atoms with van der Waals surface area (Å²) < 4.78 is 38.5. The number of anilines is 2. The van der Waals surface area contributed by atoms with E-state index in [-0.39, 0.29) is 28.2 Å². The molecule has 0 unspecified atom stereocenters. The van der Waals surface area contributed by atoms with Gasteiger partial charge in [-0.2, -0.15) is 18.4 Å². The molecule has 14 heteroatoms. The minimum absolute atomic E-state index is 0.0623. The van der Waals surface area contributed by atoms with Gasteiger partial charge in [0.25, 0.3) is 11.5 Å². The monoisotopic (exact) mass is 509 g/mol. The summed E-state index contributed by atoms with van der Waals surface area (Å²) in [6, 6.07) is 6.45. The van der Waals surface area contributed by atoms with Crippen LogP contribution in [0.5, 0.6) is 0 Å². The molecule has 0 radical (unpaired) electrons. The molecule has 1 aliphatic rings. The third kappa shape index (κ3) is 6.90. The van der Waals surface area contributed by atoms with Gasteiger partial charge in [-0.05, 0) is 38.6 Å². The molecule has 3 heterocycles. The highest BCUT2D eigenvalue weighted by molar-refractivity contribution is 7.07.